The van der Waals surface area contributed by atoms with Gasteiger partial charge in [-0.25, -0.2) is 4.98 Å². The summed E-state index contributed by atoms with van der Waals surface area (Å²) >= 11 is 0.735. The Morgan fingerprint density at radius 3 is 3.09 bits per heavy atom. The van der Waals surface area contributed by atoms with E-state index in [0.29, 0.717) is 0 Å². The molecule has 0 atom stereocenters. The van der Waals surface area contributed by atoms with Crippen LogP contribution >= 0.6 is 11.3 Å². The lowest BCUT2D eigenvalue weighted by Crippen LogP contribution is -1.80. The summed E-state index contributed by atoms with van der Waals surface area (Å²) in [6, 6.07) is 0. The Morgan fingerprint density at radius 2 is 2.64 bits per heavy atom. The summed E-state index contributed by atoms with van der Waals surface area (Å²) < 4.78 is 0. The van der Waals surface area contributed by atoms with Crippen LogP contribution in [0.2, 0.25) is 0 Å². The van der Waals surface area contributed by atoms with Crippen LogP contribution in [0.15, 0.2) is 11.3 Å². The van der Waals surface area contributed by atoms with Crippen molar-refractivity contribution in [1.29, 1.82) is 0 Å². The van der Waals surface area contributed by atoms with Gasteiger partial charge in [0, 0.05) is 4.91 Å². The van der Waals surface area contributed by atoms with Crippen LogP contribution in [-0.4, -0.2) is 9.91 Å². The Hall–Kier alpha value is -1.66. The highest BCUT2D eigenvalue weighted by Gasteiger charge is 2.09. The zero-order valence-electron chi connectivity index (χ0n) is 5.04. The summed E-state index contributed by atoms with van der Waals surface area (Å²) in [4.78, 5) is 15.4. The molecule has 0 aliphatic rings. The third kappa shape index (κ3) is 1.63. The van der Waals surface area contributed by atoms with Crippen molar-refractivity contribution in [2.45, 2.75) is 0 Å². The molecular weight excluding hydrogens is 170 g/mol. The van der Waals surface area contributed by atoms with Gasteiger partial charge in [-0.1, -0.05) is 0 Å². The van der Waals surface area contributed by atoms with Gasteiger partial charge in [0.1, 0.15) is 6.20 Å². The van der Waals surface area contributed by atoms with Gasteiger partial charge < -0.3 is 0 Å². The predicted molar refractivity (Wildman–Crippen MR) is 37.6 cm³/mol. The number of aromatic nitrogens is 1. The molecule has 1 rings (SSSR count). The van der Waals surface area contributed by atoms with Gasteiger partial charge in [0.15, 0.2) is 5.13 Å². The van der Waals surface area contributed by atoms with Crippen LogP contribution in [0.4, 0.5) is 10.1 Å². The Labute approximate surface area is 64.1 Å². The molecular formula is C3HN5O2S. The Balaban J connectivity index is 2.99. The molecule has 7 nitrogen and oxygen atoms in total. The number of nitro groups is 1. The molecule has 1 heterocycles. The quantitative estimate of drug-likeness (QED) is 0.223. The average molecular weight is 171 g/mol. The van der Waals surface area contributed by atoms with Crippen LogP contribution in [0, 0.1) is 10.1 Å². The standard InChI is InChI=1S/C3HN5O2S/c4-7-6-3-5-1-2(11-3)8(9)10/h1H. The molecule has 0 saturated heterocycles. The Morgan fingerprint density at radius 1 is 1.91 bits per heavy atom. The van der Waals surface area contributed by atoms with Crippen molar-refractivity contribution in [3.8, 4) is 0 Å². The molecule has 1 aromatic heterocycles. The largest absolute Gasteiger partial charge is 0.344 e. The van der Waals surface area contributed by atoms with E-state index in [1.54, 1.807) is 0 Å². The maximum atomic E-state index is 10.1. The first-order valence-electron chi connectivity index (χ1n) is 2.39. The average Bonchev–Trinajstić information content (AvgIpc) is 2.37. The predicted octanol–water partition coefficient (Wildman–Crippen LogP) is 1.99. The number of hydrogen-bond donors (Lipinski definition) is 0. The summed E-state index contributed by atoms with van der Waals surface area (Å²) in [5.41, 5.74) is 7.92. The summed E-state index contributed by atoms with van der Waals surface area (Å²) in [6.07, 6.45) is 1.05. The summed E-state index contributed by atoms with van der Waals surface area (Å²) in [7, 11) is 0. The minimum atomic E-state index is -0.589. The van der Waals surface area contributed by atoms with E-state index in [4.69, 9.17) is 5.53 Å². The molecule has 8 heteroatoms. The second-order valence-electron chi connectivity index (χ2n) is 1.43. The van der Waals surface area contributed by atoms with Crippen LogP contribution in [0.1, 0.15) is 0 Å². The van der Waals surface area contributed by atoms with Gasteiger partial charge in [-0.05, 0) is 22.0 Å². The van der Waals surface area contributed by atoms with Gasteiger partial charge in [-0.2, -0.15) is 0 Å². The van der Waals surface area contributed by atoms with Crippen LogP contribution in [0.5, 0.6) is 0 Å². The van der Waals surface area contributed by atoms with E-state index in [1.165, 1.54) is 0 Å². The highest BCUT2D eigenvalue weighted by atomic mass is 32.1. The molecule has 0 aromatic carbocycles. The first-order valence-corrected chi connectivity index (χ1v) is 3.21. The van der Waals surface area contributed by atoms with Crippen LogP contribution in [0.25, 0.3) is 10.4 Å². The first-order chi connectivity index (χ1) is 5.24. The van der Waals surface area contributed by atoms with E-state index in [2.05, 4.69) is 15.0 Å². The zero-order valence-corrected chi connectivity index (χ0v) is 5.85. The number of thiazole rings is 1. The van der Waals surface area contributed by atoms with Crippen LogP contribution in [0.3, 0.4) is 0 Å². The van der Waals surface area contributed by atoms with E-state index in [-0.39, 0.29) is 10.1 Å². The maximum Gasteiger partial charge on any atom is 0.344 e. The second kappa shape index (κ2) is 2.95. The van der Waals surface area contributed by atoms with E-state index in [0.717, 1.165) is 17.5 Å². The Bertz CT molecular complexity index is 310. The first kappa shape index (κ1) is 7.45. The fraction of sp³-hybridized carbons (Fsp3) is 0. The lowest BCUT2D eigenvalue weighted by molar-refractivity contribution is -0.380. The third-order valence-corrected chi connectivity index (χ3v) is 1.62. The SMILES string of the molecule is [N-]=[N+]=Nc1ncc([N+](=O)[O-])s1. The van der Waals surface area contributed by atoms with Crippen molar-refractivity contribution in [2.75, 3.05) is 0 Å². The lowest BCUT2D eigenvalue weighted by Gasteiger charge is -1.76. The Kier molecular flexibility index (Phi) is 2.00. The number of azide groups is 1. The minimum Gasteiger partial charge on any atom is -0.257 e. The highest BCUT2D eigenvalue weighted by molar-refractivity contribution is 7.18. The van der Waals surface area contributed by atoms with Crippen LogP contribution in [-0.2, 0) is 0 Å². The monoisotopic (exact) mass is 171 g/mol. The van der Waals surface area contributed by atoms with Gasteiger partial charge >= 0.3 is 5.00 Å². The van der Waals surface area contributed by atoms with E-state index < -0.39 is 4.92 Å². The molecule has 0 N–H and O–H groups in total. The zero-order chi connectivity index (χ0) is 8.27. The van der Waals surface area contributed by atoms with E-state index >= 15 is 0 Å². The van der Waals surface area contributed by atoms with Crippen molar-refractivity contribution < 1.29 is 4.92 Å². The van der Waals surface area contributed by atoms with Crippen molar-refractivity contribution in [3.05, 3.63) is 26.8 Å². The topological polar surface area (TPSA) is 105 Å². The number of nitrogens with zero attached hydrogens (tertiary/aromatic N) is 5. The maximum absolute atomic E-state index is 10.1. The molecule has 0 radical (unpaired) electrons. The summed E-state index contributed by atoms with van der Waals surface area (Å²) in [5.74, 6) is 0. The van der Waals surface area contributed by atoms with Gasteiger partial charge in [0.25, 0.3) is 0 Å². The molecule has 0 aliphatic heterocycles. The third-order valence-electron chi connectivity index (χ3n) is 0.791. The van der Waals surface area contributed by atoms with Crippen molar-refractivity contribution >= 4 is 21.5 Å². The highest BCUT2D eigenvalue weighted by Crippen LogP contribution is 2.26. The number of rotatable bonds is 2. The second-order valence-corrected chi connectivity index (χ2v) is 2.42. The molecule has 11 heavy (non-hydrogen) atoms. The smallest absolute Gasteiger partial charge is 0.257 e. The molecule has 0 amide bonds. The molecule has 0 bridgehead atoms. The van der Waals surface area contributed by atoms with Crippen molar-refractivity contribution in [3.63, 3.8) is 0 Å². The molecule has 0 unspecified atom stereocenters. The van der Waals surface area contributed by atoms with Gasteiger partial charge in [-0.15, -0.1) is 0 Å². The summed E-state index contributed by atoms with van der Waals surface area (Å²) in [5, 5.41) is 13.1. The molecule has 0 saturated carbocycles. The molecule has 56 valence electrons. The summed E-state index contributed by atoms with van der Waals surface area (Å²) in [6.45, 7) is 0. The molecule has 0 aliphatic carbocycles. The fourth-order valence-electron chi connectivity index (χ4n) is 0.426. The normalized spacial score (nSPS) is 8.73. The molecule has 1 aromatic rings. The number of hydrogen-bond acceptors (Lipinski definition) is 5. The van der Waals surface area contributed by atoms with E-state index in [1.807, 2.05) is 0 Å². The fourth-order valence-corrected chi connectivity index (χ4v) is 0.975. The molecule has 0 spiro atoms. The van der Waals surface area contributed by atoms with E-state index in [9.17, 15) is 10.1 Å². The lowest BCUT2D eigenvalue weighted by atomic mass is 10.9. The van der Waals surface area contributed by atoms with Gasteiger partial charge in [0.2, 0.25) is 0 Å². The van der Waals surface area contributed by atoms with Crippen molar-refractivity contribution in [1.82, 2.24) is 4.98 Å². The van der Waals surface area contributed by atoms with Gasteiger partial charge in [0.05, 0.1) is 4.92 Å². The van der Waals surface area contributed by atoms with Crippen molar-refractivity contribution in [2.24, 2.45) is 5.11 Å². The van der Waals surface area contributed by atoms with Crippen LogP contribution < -0.4 is 0 Å². The van der Waals surface area contributed by atoms with Gasteiger partial charge in [-0.3, -0.25) is 10.1 Å². The molecule has 0 fully saturated rings. The minimum absolute atomic E-state index is 0.0548.